The Kier molecular flexibility index (Phi) is 8.66. The predicted molar refractivity (Wildman–Crippen MR) is 161 cm³/mol. The lowest BCUT2D eigenvalue weighted by Gasteiger charge is -2.20. The number of rotatable bonds is 9. The zero-order valence-electron chi connectivity index (χ0n) is 22.7. The Morgan fingerprint density at radius 3 is 2.44 bits per heavy atom. The molecule has 0 N–H and O–H groups in total. The van der Waals surface area contributed by atoms with Crippen molar-refractivity contribution in [1.82, 2.24) is 9.88 Å². The molecule has 39 heavy (non-hydrogen) atoms. The Bertz CT molecular complexity index is 1490. The molecule has 3 heteroatoms. The first-order valence-corrected chi connectivity index (χ1v) is 13.8. The van der Waals surface area contributed by atoms with Gasteiger partial charge in [-0.3, -0.25) is 9.88 Å². The van der Waals surface area contributed by atoms with Gasteiger partial charge in [-0.15, -0.1) is 6.42 Å². The number of likely N-dealkylation sites (tertiary alicyclic amines) is 1. The van der Waals surface area contributed by atoms with Gasteiger partial charge in [-0.1, -0.05) is 78.7 Å². The number of halogens is 1. The maximum Gasteiger partial charge on any atom is 0.115 e. The molecule has 0 aliphatic carbocycles. The van der Waals surface area contributed by atoms with Gasteiger partial charge in [0.05, 0.1) is 0 Å². The minimum absolute atomic E-state index is 0.482. The number of nitrogens with zero attached hydrogens (tertiary/aromatic N) is 2. The minimum Gasteiger partial charge on any atom is -0.299 e. The summed E-state index contributed by atoms with van der Waals surface area (Å²) in [7, 11) is 0. The summed E-state index contributed by atoms with van der Waals surface area (Å²) < 4.78 is 14.4. The van der Waals surface area contributed by atoms with E-state index in [4.69, 9.17) is 6.42 Å². The maximum atomic E-state index is 14.4. The Labute approximate surface area is 232 Å². The molecule has 0 unspecified atom stereocenters. The molecular formula is C36H35FN2. The summed E-state index contributed by atoms with van der Waals surface area (Å²) in [6, 6.07) is 23.1. The summed E-state index contributed by atoms with van der Waals surface area (Å²) in [6.07, 6.45) is 17.6. The molecule has 1 aromatic heterocycles. The van der Waals surface area contributed by atoms with Crippen LogP contribution in [-0.4, -0.2) is 23.0 Å². The first-order valence-electron chi connectivity index (χ1n) is 13.8. The molecule has 0 atom stereocenters. The molecule has 0 spiro atoms. The van der Waals surface area contributed by atoms with Crippen molar-refractivity contribution in [3.8, 4) is 23.5 Å². The Morgan fingerprint density at radius 2 is 1.67 bits per heavy atom. The highest BCUT2D eigenvalue weighted by Gasteiger charge is 2.16. The molecule has 1 fully saturated rings. The Hall–Kier alpha value is -4.00. The molecule has 0 amide bonds. The normalized spacial score (nSPS) is 13.7. The highest BCUT2D eigenvalue weighted by atomic mass is 19.1. The summed E-state index contributed by atoms with van der Waals surface area (Å²) >= 11 is 0. The van der Waals surface area contributed by atoms with Crippen LogP contribution in [-0.2, 0) is 26.1 Å². The number of aryl methyl sites for hydroxylation is 2. The second-order valence-corrected chi connectivity index (χ2v) is 10.4. The molecule has 5 rings (SSSR count). The van der Waals surface area contributed by atoms with E-state index in [-0.39, 0.29) is 0 Å². The lowest BCUT2D eigenvalue weighted by Crippen LogP contribution is -2.19. The molecular weight excluding hydrogens is 479 g/mol. The quantitative estimate of drug-likeness (QED) is 0.166. The van der Waals surface area contributed by atoms with Crippen LogP contribution < -0.4 is 0 Å². The number of terminal acetylenes is 1. The van der Waals surface area contributed by atoms with Crippen molar-refractivity contribution in [2.24, 2.45) is 0 Å². The van der Waals surface area contributed by atoms with E-state index in [1.807, 2.05) is 18.3 Å². The van der Waals surface area contributed by atoms with Crippen molar-refractivity contribution in [1.29, 1.82) is 0 Å². The van der Waals surface area contributed by atoms with Crippen molar-refractivity contribution < 1.29 is 4.39 Å². The lowest BCUT2D eigenvalue weighted by molar-refractivity contribution is 0.330. The van der Waals surface area contributed by atoms with E-state index in [0.717, 1.165) is 60.3 Å². The largest absolute Gasteiger partial charge is 0.299 e. The number of aromatic nitrogens is 1. The molecule has 196 valence electrons. The number of benzene rings is 3. The van der Waals surface area contributed by atoms with Crippen LogP contribution in [0.1, 0.15) is 57.3 Å². The summed E-state index contributed by atoms with van der Waals surface area (Å²) in [4.78, 5) is 6.79. The van der Waals surface area contributed by atoms with Gasteiger partial charge < -0.3 is 0 Å². The smallest absolute Gasteiger partial charge is 0.115 e. The average Bonchev–Trinajstić information content (AvgIpc) is 3.50. The van der Waals surface area contributed by atoms with E-state index in [2.05, 4.69) is 89.5 Å². The highest BCUT2D eigenvalue weighted by Crippen LogP contribution is 2.28. The van der Waals surface area contributed by atoms with Crippen molar-refractivity contribution in [2.45, 2.75) is 45.8 Å². The van der Waals surface area contributed by atoms with Crippen LogP contribution in [0.5, 0.6) is 0 Å². The first-order chi connectivity index (χ1) is 19.1. The van der Waals surface area contributed by atoms with E-state index in [1.165, 1.54) is 40.7 Å². The number of alkyl halides is 1. The molecule has 4 aromatic rings. The van der Waals surface area contributed by atoms with Crippen LogP contribution in [0.3, 0.4) is 0 Å². The van der Waals surface area contributed by atoms with Crippen LogP contribution >= 0.6 is 0 Å². The van der Waals surface area contributed by atoms with Gasteiger partial charge in [0.2, 0.25) is 0 Å². The number of hydrogen-bond acceptors (Lipinski definition) is 2. The number of hydrogen-bond donors (Lipinski definition) is 0. The van der Waals surface area contributed by atoms with Gasteiger partial charge in [0.15, 0.2) is 0 Å². The molecule has 2 heterocycles. The maximum absolute atomic E-state index is 14.4. The van der Waals surface area contributed by atoms with Crippen LogP contribution in [0.2, 0.25) is 0 Å². The Morgan fingerprint density at radius 1 is 0.872 bits per heavy atom. The van der Waals surface area contributed by atoms with E-state index in [1.54, 1.807) is 6.20 Å². The molecule has 1 aliphatic rings. The van der Waals surface area contributed by atoms with E-state index >= 15 is 0 Å². The SMILES string of the molecule is C#Cc1cncc(CCc2cc(/C=C/c3cccc(-c4ccccc4)c3C)c(CF)cc2CN2CCCC2)c1. The van der Waals surface area contributed by atoms with Crippen molar-refractivity contribution in [3.05, 3.63) is 124 Å². The van der Waals surface area contributed by atoms with Crippen LogP contribution in [0.4, 0.5) is 4.39 Å². The van der Waals surface area contributed by atoms with Crippen LogP contribution in [0.25, 0.3) is 23.3 Å². The van der Waals surface area contributed by atoms with Gasteiger partial charge >= 0.3 is 0 Å². The zero-order chi connectivity index (χ0) is 27.0. The topological polar surface area (TPSA) is 16.1 Å². The summed E-state index contributed by atoms with van der Waals surface area (Å²) in [5.41, 5.74) is 10.9. The van der Waals surface area contributed by atoms with Gasteiger partial charge in [-0.25, -0.2) is 4.39 Å². The zero-order valence-corrected chi connectivity index (χ0v) is 22.7. The van der Waals surface area contributed by atoms with Crippen LogP contribution in [0, 0.1) is 19.3 Å². The van der Waals surface area contributed by atoms with Gasteiger partial charge in [0.25, 0.3) is 0 Å². The molecule has 0 bridgehead atoms. The monoisotopic (exact) mass is 514 g/mol. The summed E-state index contributed by atoms with van der Waals surface area (Å²) in [5, 5.41) is 0. The summed E-state index contributed by atoms with van der Waals surface area (Å²) in [5.74, 6) is 2.68. The van der Waals surface area contributed by atoms with Crippen molar-refractivity contribution >= 4 is 12.2 Å². The van der Waals surface area contributed by atoms with E-state index in [0.29, 0.717) is 0 Å². The third kappa shape index (κ3) is 6.53. The van der Waals surface area contributed by atoms with Gasteiger partial charge in [-0.2, -0.15) is 0 Å². The van der Waals surface area contributed by atoms with Gasteiger partial charge in [0.1, 0.15) is 6.67 Å². The van der Waals surface area contributed by atoms with Gasteiger partial charge in [0, 0.05) is 24.5 Å². The van der Waals surface area contributed by atoms with E-state index < -0.39 is 6.67 Å². The number of pyridine rings is 1. The second kappa shape index (κ2) is 12.7. The standard InChI is InChI=1S/C36H35FN2/c1-3-28-20-29(25-38-24-28)14-15-33-21-32(34(23-37)22-35(33)26-39-18-7-8-19-39)17-16-30-12-9-13-36(27(30)2)31-10-5-4-6-11-31/h1,4-6,9-13,16-17,20-22,24-25H,7-8,14-15,18-19,23,26H2,2H3/b17-16+. The minimum atomic E-state index is -0.482. The molecule has 0 saturated carbocycles. The fraction of sp³-hybridized carbons (Fsp3) is 0.250. The third-order valence-electron chi connectivity index (χ3n) is 7.75. The molecule has 1 aliphatic heterocycles. The molecule has 3 aromatic carbocycles. The van der Waals surface area contributed by atoms with E-state index in [9.17, 15) is 4.39 Å². The predicted octanol–water partition coefficient (Wildman–Crippen LogP) is 8.06. The fourth-order valence-electron chi connectivity index (χ4n) is 5.52. The second-order valence-electron chi connectivity index (χ2n) is 10.4. The van der Waals surface area contributed by atoms with Gasteiger partial charge in [-0.05, 0) is 102 Å². The van der Waals surface area contributed by atoms with Crippen LogP contribution in [0.15, 0.2) is 79.1 Å². The first kappa shape index (κ1) is 26.6. The molecule has 1 saturated heterocycles. The third-order valence-corrected chi connectivity index (χ3v) is 7.75. The Balaban J connectivity index is 1.46. The molecule has 0 radical (unpaired) electrons. The average molecular weight is 515 g/mol. The lowest BCUT2D eigenvalue weighted by atomic mass is 9.92. The van der Waals surface area contributed by atoms with Crippen molar-refractivity contribution in [2.75, 3.05) is 13.1 Å². The fourth-order valence-corrected chi connectivity index (χ4v) is 5.52. The van der Waals surface area contributed by atoms with Crippen molar-refractivity contribution in [3.63, 3.8) is 0 Å². The molecule has 2 nitrogen and oxygen atoms in total. The highest BCUT2D eigenvalue weighted by molar-refractivity contribution is 5.78. The summed E-state index contributed by atoms with van der Waals surface area (Å²) in [6.45, 7) is 4.76.